The van der Waals surface area contributed by atoms with E-state index in [1.165, 1.54) is 42.5 Å². The predicted molar refractivity (Wildman–Crippen MR) is 70.3 cm³/mol. The summed E-state index contributed by atoms with van der Waals surface area (Å²) in [5.74, 6) is 0. The van der Waals surface area contributed by atoms with Gasteiger partial charge >= 0.3 is 0 Å². The smallest absolute Gasteiger partial charge is 0.0299 e. The first-order valence-corrected chi connectivity index (χ1v) is 6.69. The van der Waals surface area contributed by atoms with Crippen molar-refractivity contribution in [1.29, 1.82) is 0 Å². The first-order valence-electron chi connectivity index (χ1n) is 5.81. The molecule has 0 fully saturated rings. The molecule has 15 heavy (non-hydrogen) atoms. The van der Waals surface area contributed by atoms with E-state index in [0.29, 0.717) is 6.54 Å². The summed E-state index contributed by atoms with van der Waals surface area (Å²) in [4.78, 5) is 1.39. The molecule has 0 spiro atoms. The number of rotatable bonds is 7. The number of unbranched alkanes of at least 4 members (excludes halogenated alkanes) is 3. The molecule has 0 unspecified atom stereocenters. The summed E-state index contributed by atoms with van der Waals surface area (Å²) in [5, 5.41) is 2.17. The Bertz CT molecular complexity index is 288. The Morgan fingerprint density at radius 1 is 1.33 bits per heavy atom. The molecule has 2 heteroatoms. The van der Waals surface area contributed by atoms with Gasteiger partial charge in [0.1, 0.15) is 0 Å². The summed E-state index contributed by atoms with van der Waals surface area (Å²) in [7, 11) is 0. The molecule has 84 valence electrons. The van der Waals surface area contributed by atoms with Crippen LogP contribution in [0.3, 0.4) is 0 Å². The minimum Gasteiger partial charge on any atom is -0.327 e. The fraction of sp³-hybridized carbons (Fsp3) is 0.538. The highest BCUT2D eigenvalue weighted by molar-refractivity contribution is 7.11. The molecule has 0 amide bonds. The van der Waals surface area contributed by atoms with Gasteiger partial charge in [-0.1, -0.05) is 32.3 Å². The molecule has 0 saturated carbocycles. The second kappa shape index (κ2) is 7.66. The van der Waals surface area contributed by atoms with Gasteiger partial charge in [0.05, 0.1) is 0 Å². The lowest BCUT2D eigenvalue weighted by Crippen LogP contribution is -1.92. The monoisotopic (exact) mass is 223 g/mol. The highest BCUT2D eigenvalue weighted by Gasteiger charge is 2.00. The van der Waals surface area contributed by atoms with Gasteiger partial charge in [0.25, 0.3) is 0 Å². The van der Waals surface area contributed by atoms with Gasteiger partial charge in [-0.2, -0.15) is 0 Å². The van der Waals surface area contributed by atoms with Crippen LogP contribution < -0.4 is 5.73 Å². The molecule has 0 atom stereocenters. The summed E-state index contributed by atoms with van der Waals surface area (Å²) >= 11 is 1.81. The second-order valence-corrected chi connectivity index (χ2v) is 4.71. The van der Waals surface area contributed by atoms with E-state index in [9.17, 15) is 0 Å². The van der Waals surface area contributed by atoms with Gasteiger partial charge in [-0.15, -0.1) is 11.3 Å². The maximum absolute atomic E-state index is 5.45. The Labute approximate surface area is 97.0 Å². The van der Waals surface area contributed by atoms with E-state index in [2.05, 4.69) is 24.4 Å². The van der Waals surface area contributed by atoms with Crippen LogP contribution in [0.15, 0.2) is 17.5 Å². The average molecular weight is 223 g/mol. The van der Waals surface area contributed by atoms with Crippen molar-refractivity contribution < 1.29 is 0 Å². The third-order valence-corrected chi connectivity index (χ3v) is 3.41. The summed E-state index contributed by atoms with van der Waals surface area (Å²) in [6.07, 6.45) is 10.7. The number of hydrogen-bond acceptors (Lipinski definition) is 2. The van der Waals surface area contributed by atoms with E-state index in [1.54, 1.807) is 0 Å². The van der Waals surface area contributed by atoms with E-state index >= 15 is 0 Å². The van der Waals surface area contributed by atoms with E-state index in [1.807, 2.05) is 17.4 Å². The predicted octanol–water partition coefficient (Wildman–Crippen LogP) is 3.84. The minimum atomic E-state index is 0.632. The van der Waals surface area contributed by atoms with Gasteiger partial charge in [-0.05, 0) is 35.9 Å². The summed E-state index contributed by atoms with van der Waals surface area (Å²) in [6, 6.07) is 2.24. The SMILES string of the molecule is CCCCCCc1ccsc1C=CCN. The quantitative estimate of drug-likeness (QED) is 0.698. The van der Waals surface area contributed by atoms with Crippen LogP contribution in [-0.4, -0.2) is 6.54 Å². The minimum absolute atomic E-state index is 0.632. The van der Waals surface area contributed by atoms with Crippen molar-refractivity contribution >= 4 is 17.4 Å². The Hall–Kier alpha value is -0.600. The number of hydrogen-bond donors (Lipinski definition) is 1. The topological polar surface area (TPSA) is 26.0 Å². The molecule has 0 radical (unpaired) electrons. The van der Waals surface area contributed by atoms with Gasteiger partial charge in [-0.3, -0.25) is 0 Å². The zero-order chi connectivity index (χ0) is 10.9. The van der Waals surface area contributed by atoms with Crippen LogP contribution in [0.2, 0.25) is 0 Å². The van der Waals surface area contributed by atoms with Crippen molar-refractivity contribution in [1.82, 2.24) is 0 Å². The molecule has 0 aromatic carbocycles. The molecule has 0 aliphatic rings. The van der Waals surface area contributed by atoms with Gasteiger partial charge in [-0.25, -0.2) is 0 Å². The highest BCUT2D eigenvalue weighted by Crippen LogP contribution is 2.20. The molecule has 1 heterocycles. The normalized spacial score (nSPS) is 11.3. The van der Waals surface area contributed by atoms with Crippen molar-refractivity contribution in [3.8, 4) is 0 Å². The zero-order valence-corrected chi connectivity index (χ0v) is 10.4. The Morgan fingerprint density at radius 2 is 2.20 bits per heavy atom. The fourth-order valence-electron chi connectivity index (χ4n) is 1.62. The van der Waals surface area contributed by atoms with E-state index in [0.717, 1.165) is 0 Å². The Balaban J connectivity index is 2.39. The second-order valence-electron chi connectivity index (χ2n) is 3.76. The maximum Gasteiger partial charge on any atom is 0.0299 e. The molecule has 1 nitrogen and oxygen atoms in total. The Kier molecular flexibility index (Phi) is 6.37. The van der Waals surface area contributed by atoms with Gasteiger partial charge in [0, 0.05) is 11.4 Å². The number of thiophene rings is 1. The lowest BCUT2D eigenvalue weighted by atomic mass is 10.1. The number of nitrogens with two attached hydrogens (primary N) is 1. The van der Waals surface area contributed by atoms with Gasteiger partial charge in [0.15, 0.2) is 0 Å². The van der Waals surface area contributed by atoms with Crippen molar-refractivity contribution in [3.63, 3.8) is 0 Å². The Morgan fingerprint density at radius 3 is 2.93 bits per heavy atom. The fourth-order valence-corrected chi connectivity index (χ4v) is 2.49. The molecular weight excluding hydrogens is 202 g/mol. The summed E-state index contributed by atoms with van der Waals surface area (Å²) in [5.41, 5.74) is 6.94. The summed E-state index contributed by atoms with van der Waals surface area (Å²) < 4.78 is 0. The van der Waals surface area contributed by atoms with Crippen molar-refractivity contribution in [3.05, 3.63) is 28.0 Å². The number of aryl methyl sites for hydroxylation is 1. The van der Waals surface area contributed by atoms with Crippen molar-refractivity contribution in [2.45, 2.75) is 39.0 Å². The molecule has 0 aliphatic carbocycles. The van der Waals surface area contributed by atoms with E-state index in [4.69, 9.17) is 5.73 Å². The maximum atomic E-state index is 5.45. The van der Waals surface area contributed by atoms with E-state index < -0.39 is 0 Å². The van der Waals surface area contributed by atoms with Crippen molar-refractivity contribution in [2.75, 3.05) is 6.54 Å². The van der Waals surface area contributed by atoms with Crippen LogP contribution in [0.5, 0.6) is 0 Å². The lowest BCUT2D eigenvalue weighted by Gasteiger charge is -2.00. The third kappa shape index (κ3) is 4.63. The van der Waals surface area contributed by atoms with Crippen LogP contribution in [0.25, 0.3) is 6.08 Å². The molecule has 1 aromatic rings. The lowest BCUT2D eigenvalue weighted by molar-refractivity contribution is 0.667. The molecule has 0 saturated heterocycles. The first-order chi connectivity index (χ1) is 7.38. The molecule has 0 aliphatic heterocycles. The van der Waals surface area contributed by atoms with Gasteiger partial charge in [0.2, 0.25) is 0 Å². The molecule has 0 bridgehead atoms. The standard InChI is InChI=1S/C13H21NS/c1-2-3-4-5-7-12-9-11-15-13(12)8-6-10-14/h6,8-9,11H,2-5,7,10,14H2,1H3. The highest BCUT2D eigenvalue weighted by atomic mass is 32.1. The average Bonchev–Trinajstić information content (AvgIpc) is 2.69. The third-order valence-electron chi connectivity index (χ3n) is 2.49. The molecule has 2 N–H and O–H groups in total. The largest absolute Gasteiger partial charge is 0.327 e. The van der Waals surface area contributed by atoms with Gasteiger partial charge < -0.3 is 5.73 Å². The molecule has 1 aromatic heterocycles. The molecular formula is C13H21NS. The van der Waals surface area contributed by atoms with Crippen LogP contribution >= 0.6 is 11.3 Å². The van der Waals surface area contributed by atoms with Crippen LogP contribution in [0, 0.1) is 0 Å². The summed E-state index contributed by atoms with van der Waals surface area (Å²) in [6.45, 7) is 2.88. The van der Waals surface area contributed by atoms with Crippen LogP contribution in [0.1, 0.15) is 43.0 Å². The molecule has 1 rings (SSSR count). The van der Waals surface area contributed by atoms with E-state index in [-0.39, 0.29) is 0 Å². The van der Waals surface area contributed by atoms with Crippen LogP contribution in [0.4, 0.5) is 0 Å². The first kappa shape index (κ1) is 12.5. The van der Waals surface area contributed by atoms with Crippen LogP contribution in [-0.2, 0) is 6.42 Å². The zero-order valence-electron chi connectivity index (χ0n) is 9.54. The van der Waals surface area contributed by atoms with Crippen molar-refractivity contribution in [2.24, 2.45) is 5.73 Å².